The maximum atomic E-state index is 11.8. The van der Waals surface area contributed by atoms with Crippen molar-refractivity contribution in [1.82, 2.24) is 15.5 Å². The standard InChI is InChI=1S/C17H18N4O2S2/c1-11-5-6-13(8-12(11)2)19-16-20-21-17(25-16)24-10-15(22)18-9-14-4-3-7-23-14/h3-8H,9-10H2,1-2H3,(H,18,22)(H,19,20). The Hall–Kier alpha value is -2.32. The van der Waals surface area contributed by atoms with Gasteiger partial charge in [-0.3, -0.25) is 4.79 Å². The zero-order valence-corrected chi connectivity index (χ0v) is 15.5. The maximum absolute atomic E-state index is 11.8. The number of thioether (sulfide) groups is 1. The average Bonchev–Trinajstić information content (AvgIpc) is 3.26. The Balaban J connectivity index is 1.47. The molecule has 3 aromatic rings. The molecule has 0 saturated heterocycles. The van der Waals surface area contributed by atoms with Crippen molar-refractivity contribution in [2.75, 3.05) is 11.1 Å². The number of furan rings is 1. The quantitative estimate of drug-likeness (QED) is 0.611. The summed E-state index contributed by atoms with van der Waals surface area (Å²) in [6.07, 6.45) is 1.58. The molecular formula is C17H18N4O2S2. The Morgan fingerprint density at radius 2 is 2.12 bits per heavy atom. The summed E-state index contributed by atoms with van der Waals surface area (Å²) in [6, 6.07) is 9.77. The van der Waals surface area contributed by atoms with Crippen LogP contribution in [0.1, 0.15) is 16.9 Å². The van der Waals surface area contributed by atoms with Crippen LogP contribution in [0.4, 0.5) is 10.8 Å². The minimum absolute atomic E-state index is 0.0692. The predicted molar refractivity (Wildman–Crippen MR) is 100 cm³/mol. The number of nitrogens with one attached hydrogen (secondary N) is 2. The van der Waals surface area contributed by atoms with Crippen molar-refractivity contribution in [3.8, 4) is 0 Å². The highest BCUT2D eigenvalue weighted by Crippen LogP contribution is 2.28. The van der Waals surface area contributed by atoms with Gasteiger partial charge >= 0.3 is 0 Å². The van der Waals surface area contributed by atoms with E-state index in [9.17, 15) is 4.79 Å². The highest BCUT2D eigenvalue weighted by molar-refractivity contribution is 8.01. The van der Waals surface area contributed by atoms with E-state index in [4.69, 9.17) is 4.42 Å². The largest absolute Gasteiger partial charge is 0.467 e. The average molecular weight is 374 g/mol. The van der Waals surface area contributed by atoms with E-state index in [0.29, 0.717) is 17.4 Å². The van der Waals surface area contributed by atoms with Crippen LogP contribution in [0.15, 0.2) is 45.4 Å². The van der Waals surface area contributed by atoms with Gasteiger partial charge < -0.3 is 15.1 Å². The van der Waals surface area contributed by atoms with Gasteiger partial charge in [-0.2, -0.15) is 0 Å². The second-order valence-corrected chi connectivity index (χ2v) is 7.64. The van der Waals surface area contributed by atoms with Crippen LogP contribution >= 0.6 is 23.1 Å². The van der Waals surface area contributed by atoms with Crippen molar-refractivity contribution < 1.29 is 9.21 Å². The van der Waals surface area contributed by atoms with Gasteiger partial charge in [0.2, 0.25) is 11.0 Å². The molecule has 0 saturated carbocycles. The van der Waals surface area contributed by atoms with Crippen LogP contribution in [0.5, 0.6) is 0 Å². The van der Waals surface area contributed by atoms with Crippen LogP contribution in [0.25, 0.3) is 0 Å². The summed E-state index contributed by atoms with van der Waals surface area (Å²) in [6.45, 7) is 4.54. The molecule has 2 heterocycles. The Morgan fingerprint density at radius 3 is 2.88 bits per heavy atom. The van der Waals surface area contributed by atoms with E-state index in [0.717, 1.165) is 15.8 Å². The molecule has 2 N–H and O–H groups in total. The van der Waals surface area contributed by atoms with Crippen LogP contribution in [-0.2, 0) is 11.3 Å². The summed E-state index contributed by atoms with van der Waals surface area (Å²) in [4.78, 5) is 11.8. The van der Waals surface area contributed by atoms with Gasteiger partial charge in [-0.15, -0.1) is 10.2 Å². The molecule has 0 fully saturated rings. The van der Waals surface area contributed by atoms with E-state index in [1.807, 2.05) is 12.1 Å². The summed E-state index contributed by atoms with van der Waals surface area (Å²) in [5, 5.41) is 15.0. The van der Waals surface area contributed by atoms with Gasteiger partial charge in [0.25, 0.3) is 0 Å². The number of amides is 1. The number of benzene rings is 1. The van der Waals surface area contributed by atoms with E-state index in [1.54, 1.807) is 12.3 Å². The number of rotatable bonds is 7. The lowest BCUT2D eigenvalue weighted by Crippen LogP contribution is -2.24. The molecule has 0 aliphatic heterocycles. The molecule has 0 atom stereocenters. The zero-order valence-electron chi connectivity index (χ0n) is 13.9. The molecule has 8 heteroatoms. The van der Waals surface area contributed by atoms with Crippen LogP contribution in [0.3, 0.4) is 0 Å². The molecule has 2 aromatic heterocycles. The highest BCUT2D eigenvalue weighted by Gasteiger charge is 2.09. The van der Waals surface area contributed by atoms with E-state index >= 15 is 0 Å². The monoisotopic (exact) mass is 374 g/mol. The number of anilines is 2. The molecule has 0 unspecified atom stereocenters. The minimum Gasteiger partial charge on any atom is -0.467 e. The first-order valence-electron chi connectivity index (χ1n) is 7.70. The summed E-state index contributed by atoms with van der Waals surface area (Å²) >= 11 is 2.79. The van der Waals surface area contributed by atoms with Gasteiger partial charge in [0.15, 0.2) is 4.34 Å². The van der Waals surface area contributed by atoms with Crippen molar-refractivity contribution in [1.29, 1.82) is 0 Å². The molecule has 0 aliphatic carbocycles. The van der Waals surface area contributed by atoms with Crippen molar-refractivity contribution in [2.24, 2.45) is 0 Å². The van der Waals surface area contributed by atoms with Crippen LogP contribution < -0.4 is 10.6 Å². The van der Waals surface area contributed by atoms with Crippen molar-refractivity contribution in [2.45, 2.75) is 24.7 Å². The smallest absolute Gasteiger partial charge is 0.230 e. The molecule has 1 amide bonds. The van der Waals surface area contributed by atoms with Crippen molar-refractivity contribution in [3.05, 3.63) is 53.5 Å². The molecule has 0 spiro atoms. The molecule has 130 valence electrons. The molecule has 1 aromatic carbocycles. The van der Waals surface area contributed by atoms with Gasteiger partial charge in [0.1, 0.15) is 5.76 Å². The van der Waals surface area contributed by atoms with Gasteiger partial charge in [-0.05, 0) is 49.2 Å². The second kappa shape index (κ2) is 8.17. The molecule has 0 bridgehead atoms. The van der Waals surface area contributed by atoms with Crippen LogP contribution in [-0.4, -0.2) is 21.9 Å². The first kappa shape index (κ1) is 17.5. The zero-order chi connectivity index (χ0) is 17.6. The third kappa shape index (κ3) is 5.07. The molecule has 6 nitrogen and oxygen atoms in total. The third-order valence-corrected chi connectivity index (χ3v) is 5.50. The van der Waals surface area contributed by atoms with Gasteiger partial charge in [0.05, 0.1) is 18.6 Å². The number of aryl methyl sites for hydroxylation is 2. The first-order chi connectivity index (χ1) is 12.1. The third-order valence-electron chi connectivity index (χ3n) is 3.53. The summed E-state index contributed by atoms with van der Waals surface area (Å²) in [5.41, 5.74) is 3.45. The van der Waals surface area contributed by atoms with Gasteiger partial charge in [0, 0.05) is 5.69 Å². The van der Waals surface area contributed by atoms with Gasteiger partial charge in [-0.1, -0.05) is 29.2 Å². The lowest BCUT2D eigenvalue weighted by molar-refractivity contribution is -0.118. The lowest BCUT2D eigenvalue weighted by Gasteiger charge is -2.05. The normalized spacial score (nSPS) is 10.6. The number of aromatic nitrogens is 2. The minimum atomic E-state index is -0.0692. The molecule has 25 heavy (non-hydrogen) atoms. The number of hydrogen-bond acceptors (Lipinski definition) is 7. The van der Waals surface area contributed by atoms with Gasteiger partial charge in [-0.25, -0.2) is 0 Å². The maximum Gasteiger partial charge on any atom is 0.230 e. The fourth-order valence-corrected chi connectivity index (χ4v) is 3.64. The van der Waals surface area contributed by atoms with E-state index in [-0.39, 0.29) is 5.91 Å². The number of carbonyl (C=O) groups excluding carboxylic acids is 1. The molecular weight excluding hydrogens is 356 g/mol. The number of hydrogen-bond donors (Lipinski definition) is 2. The predicted octanol–water partition coefficient (Wildman–Crippen LogP) is 3.90. The Morgan fingerprint density at radius 1 is 1.24 bits per heavy atom. The fourth-order valence-electron chi connectivity index (χ4n) is 2.04. The molecule has 0 radical (unpaired) electrons. The Labute approximate surface area is 154 Å². The Bertz CT molecular complexity index is 846. The number of nitrogens with zero attached hydrogens (tertiary/aromatic N) is 2. The fraction of sp³-hybridized carbons (Fsp3) is 0.235. The van der Waals surface area contributed by atoms with E-state index in [2.05, 4.69) is 46.8 Å². The molecule has 0 aliphatic rings. The van der Waals surface area contributed by atoms with Crippen molar-refractivity contribution in [3.63, 3.8) is 0 Å². The topological polar surface area (TPSA) is 80.0 Å². The summed E-state index contributed by atoms with van der Waals surface area (Å²) in [7, 11) is 0. The summed E-state index contributed by atoms with van der Waals surface area (Å²) in [5.74, 6) is 0.952. The Kier molecular flexibility index (Phi) is 5.72. The van der Waals surface area contributed by atoms with E-state index < -0.39 is 0 Å². The van der Waals surface area contributed by atoms with E-state index in [1.165, 1.54) is 34.2 Å². The SMILES string of the molecule is Cc1ccc(Nc2nnc(SCC(=O)NCc3ccco3)s2)cc1C. The van der Waals surface area contributed by atoms with Crippen LogP contribution in [0, 0.1) is 13.8 Å². The highest BCUT2D eigenvalue weighted by atomic mass is 32.2. The first-order valence-corrected chi connectivity index (χ1v) is 9.50. The van der Waals surface area contributed by atoms with Crippen molar-refractivity contribution >= 4 is 39.8 Å². The molecule has 3 rings (SSSR count). The summed E-state index contributed by atoms with van der Waals surface area (Å²) < 4.78 is 5.92. The number of carbonyl (C=O) groups is 1. The van der Waals surface area contributed by atoms with Crippen LogP contribution in [0.2, 0.25) is 0 Å². The lowest BCUT2D eigenvalue weighted by atomic mass is 10.1. The second-order valence-electron chi connectivity index (χ2n) is 5.44.